The molecule has 0 spiro atoms. The first kappa shape index (κ1) is 10.5. The standard InChI is InChI=1S/C6H7F3N3O2/c1-2-3-4(12(13)14)5(11-10-3)6(7,8)9/h2H2,1H3,(H,10,11)(H,13,14)/q+1. The highest BCUT2D eigenvalue weighted by molar-refractivity contribution is 5.41. The Bertz CT molecular complexity index is 358. The first-order valence-corrected chi connectivity index (χ1v) is 3.68. The molecule has 2 N–H and O–H groups in total. The maximum atomic E-state index is 12.2. The molecule has 0 saturated heterocycles. The predicted octanol–water partition coefficient (Wildman–Crippen LogP) is 1.79. The summed E-state index contributed by atoms with van der Waals surface area (Å²) in [7, 11) is 0. The van der Waals surface area contributed by atoms with Crippen LogP contribution in [-0.2, 0) is 12.6 Å². The Labute approximate surface area is 76.1 Å². The van der Waals surface area contributed by atoms with E-state index in [9.17, 15) is 18.1 Å². The van der Waals surface area contributed by atoms with Gasteiger partial charge in [0.15, 0.2) is 0 Å². The number of aromatic nitrogens is 2. The van der Waals surface area contributed by atoms with Crippen molar-refractivity contribution in [3.05, 3.63) is 16.3 Å². The molecule has 0 bridgehead atoms. The third-order valence-electron chi connectivity index (χ3n) is 1.63. The number of aromatic amines is 1. The Morgan fingerprint density at radius 2 is 2.14 bits per heavy atom. The summed E-state index contributed by atoms with van der Waals surface area (Å²) in [6.07, 6.45) is -4.62. The van der Waals surface area contributed by atoms with Gasteiger partial charge in [-0.25, -0.2) is 5.21 Å². The van der Waals surface area contributed by atoms with Crippen LogP contribution in [0.15, 0.2) is 0 Å². The van der Waals surface area contributed by atoms with E-state index < -0.39 is 22.5 Å². The molecule has 14 heavy (non-hydrogen) atoms. The van der Waals surface area contributed by atoms with Gasteiger partial charge in [-0.1, -0.05) is 6.92 Å². The number of hydrogen-bond donors (Lipinski definition) is 2. The fourth-order valence-electron chi connectivity index (χ4n) is 1.02. The van der Waals surface area contributed by atoms with Crippen molar-refractivity contribution in [1.29, 1.82) is 0 Å². The number of halogens is 3. The zero-order valence-electron chi connectivity index (χ0n) is 7.09. The molecular weight excluding hydrogens is 203 g/mol. The normalized spacial score (nSPS) is 11.7. The summed E-state index contributed by atoms with van der Waals surface area (Å²) < 4.78 is 36.6. The van der Waals surface area contributed by atoms with Crippen molar-refractivity contribution in [2.45, 2.75) is 19.5 Å². The first-order valence-electron chi connectivity index (χ1n) is 3.68. The van der Waals surface area contributed by atoms with Crippen molar-refractivity contribution in [2.75, 3.05) is 0 Å². The van der Waals surface area contributed by atoms with Gasteiger partial charge in [0.05, 0.1) is 4.91 Å². The molecule has 1 heterocycles. The van der Waals surface area contributed by atoms with E-state index in [2.05, 4.69) is 5.10 Å². The first-order chi connectivity index (χ1) is 6.38. The van der Waals surface area contributed by atoms with Crippen LogP contribution < -0.4 is 0 Å². The van der Waals surface area contributed by atoms with E-state index in [0.717, 1.165) is 0 Å². The Morgan fingerprint density at radius 1 is 1.57 bits per heavy atom. The van der Waals surface area contributed by atoms with Crippen LogP contribution in [0.3, 0.4) is 0 Å². The zero-order valence-corrected chi connectivity index (χ0v) is 7.09. The molecule has 0 aliphatic heterocycles. The van der Waals surface area contributed by atoms with E-state index in [1.807, 2.05) is 5.10 Å². The summed E-state index contributed by atoms with van der Waals surface area (Å²) in [6.45, 7) is 1.53. The lowest BCUT2D eigenvalue weighted by Crippen LogP contribution is -2.09. The van der Waals surface area contributed by atoms with Crippen LogP contribution in [0.4, 0.5) is 18.9 Å². The van der Waals surface area contributed by atoms with Crippen LogP contribution in [-0.4, -0.2) is 20.3 Å². The molecule has 0 saturated carbocycles. The van der Waals surface area contributed by atoms with Crippen molar-refractivity contribution in [1.82, 2.24) is 10.2 Å². The quantitative estimate of drug-likeness (QED) is 0.731. The molecule has 8 heteroatoms. The Kier molecular flexibility index (Phi) is 2.45. The molecule has 0 amide bonds. The van der Waals surface area contributed by atoms with Crippen LogP contribution in [0.25, 0.3) is 0 Å². The minimum atomic E-state index is -4.76. The van der Waals surface area contributed by atoms with Crippen LogP contribution in [0.2, 0.25) is 0 Å². The van der Waals surface area contributed by atoms with Crippen LogP contribution in [0.5, 0.6) is 0 Å². The van der Waals surface area contributed by atoms with E-state index in [1.54, 1.807) is 0 Å². The SMILES string of the molecule is CCc1[nH]nc(C(F)(F)F)c1[N+](=O)O. The van der Waals surface area contributed by atoms with Gasteiger partial charge in [-0.3, -0.25) is 5.10 Å². The number of nitrogens with zero attached hydrogens (tertiary/aromatic N) is 2. The van der Waals surface area contributed by atoms with Crippen molar-refractivity contribution < 1.29 is 23.3 Å². The van der Waals surface area contributed by atoms with Gasteiger partial charge in [0.25, 0.3) is 4.92 Å². The summed E-state index contributed by atoms with van der Waals surface area (Å²) >= 11 is 0. The second-order valence-electron chi connectivity index (χ2n) is 2.52. The fourth-order valence-corrected chi connectivity index (χ4v) is 1.02. The second kappa shape index (κ2) is 3.28. The lowest BCUT2D eigenvalue weighted by atomic mass is 10.2. The van der Waals surface area contributed by atoms with Crippen molar-refractivity contribution in [3.8, 4) is 0 Å². The summed E-state index contributed by atoms with van der Waals surface area (Å²) in [5.74, 6) is 0. The average molecular weight is 210 g/mol. The number of rotatable bonds is 2. The fraction of sp³-hybridized carbons (Fsp3) is 0.500. The van der Waals surface area contributed by atoms with Gasteiger partial charge < -0.3 is 0 Å². The molecule has 0 aromatic carbocycles. The molecule has 1 aromatic rings. The average Bonchev–Trinajstić information content (AvgIpc) is 2.45. The third kappa shape index (κ3) is 1.68. The lowest BCUT2D eigenvalue weighted by molar-refractivity contribution is -0.730. The van der Waals surface area contributed by atoms with Gasteiger partial charge in [-0.15, -0.1) is 0 Å². The number of nitrogens with one attached hydrogen (secondary N) is 1. The highest BCUT2D eigenvalue weighted by Gasteiger charge is 2.45. The van der Waals surface area contributed by atoms with E-state index in [1.165, 1.54) is 6.92 Å². The number of alkyl halides is 3. The minimum absolute atomic E-state index is 0.0603. The molecule has 0 fully saturated rings. The second-order valence-corrected chi connectivity index (χ2v) is 2.52. The monoisotopic (exact) mass is 210 g/mol. The van der Waals surface area contributed by atoms with Gasteiger partial charge >= 0.3 is 11.9 Å². The van der Waals surface area contributed by atoms with E-state index >= 15 is 0 Å². The summed E-state index contributed by atoms with van der Waals surface area (Å²) in [5.41, 5.74) is -2.35. The maximum absolute atomic E-state index is 12.2. The molecule has 0 aliphatic rings. The molecule has 0 unspecified atom stereocenters. The molecule has 0 radical (unpaired) electrons. The van der Waals surface area contributed by atoms with Gasteiger partial charge in [-0.2, -0.15) is 18.3 Å². The van der Waals surface area contributed by atoms with Crippen LogP contribution in [0, 0.1) is 4.91 Å². The van der Waals surface area contributed by atoms with Crippen LogP contribution in [0.1, 0.15) is 18.3 Å². The molecule has 1 aromatic heterocycles. The zero-order chi connectivity index (χ0) is 10.9. The minimum Gasteiger partial charge on any atom is -0.275 e. The number of aryl methyl sites for hydroxylation is 1. The van der Waals surface area contributed by atoms with E-state index in [-0.39, 0.29) is 12.1 Å². The maximum Gasteiger partial charge on any atom is 0.442 e. The molecule has 5 nitrogen and oxygen atoms in total. The summed E-state index contributed by atoms with van der Waals surface area (Å²) in [4.78, 5) is 9.64. The molecule has 0 atom stereocenters. The van der Waals surface area contributed by atoms with Crippen molar-refractivity contribution >= 4 is 5.69 Å². The van der Waals surface area contributed by atoms with Gasteiger partial charge in [-0.05, 0) is 6.42 Å². The Balaban J connectivity index is 3.32. The Hall–Kier alpha value is -1.60. The number of H-pyrrole nitrogens is 1. The highest BCUT2D eigenvalue weighted by atomic mass is 19.4. The van der Waals surface area contributed by atoms with Crippen molar-refractivity contribution in [3.63, 3.8) is 0 Å². The summed E-state index contributed by atoms with van der Waals surface area (Å²) in [5, 5.41) is 13.5. The van der Waals surface area contributed by atoms with E-state index in [4.69, 9.17) is 5.21 Å². The van der Waals surface area contributed by atoms with Gasteiger partial charge in [0, 0.05) is 0 Å². The Morgan fingerprint density at radius 3 is 2.50 bits per heavy atom. The predicted molar refractivity (Wildman–Crippen MR) is 38.0 cm³/mol. The largest absolute Gasteiger partial charge is 0.442 e. The molecular formula is C6H7F3N3O2+. The summed E-state index contributed by atoms with van der Waals surface area (Å²) in [6, 6.07) is 0. The third-order valence-corrected chi connectivity index (χ3v) is 1.63. The molecule has 0 aliphatic carbocycles. The van der Waals surface area contributed by atoms with Crippen LogP contribution >= 0.6 is 0 Å². The number of hydrogen-bond acceptors (Lipinski definition) is 2. The van der Waals surface area contributed by atoms with Gasteiger partial charge in [0.2, 0.25) is 5.69 Å². The molecule has 1 rings (SSSR count). The highest BCUT2D eigenvalue weighted by Crippen LogP contribution is 2.35. The smallest absolute Gasteiger partial charge is 0.275 e. The van der Waals surface area contributed by atoms with Crippen molar-refractivity contribution in [2.24, 2.45) is 0 Å². The topological polar surface area (TPSA) is 69.0 Å². The lowest BCUT2D eigenvalue weighted by Gasteiger charge is -1.98. The molecule has 78 valence electrons. The van der Waals surface area contributed by atoms with Gasteiger partial charge in [0.1, 0.15) is 5.69 Å². The van der Waals surface area contributed by atoms with E-state index in [0.29, 0.717) is 0 Å².